The van der Waals surface area contributed by atoms with Gasteiger partial charge in [-0.05, 0) is 0 Å². The molecule has 0 N–H and O–H groups in total. The summed E-state index contributed by atoms with van der Waals surface area (Å²) in [7, 11) is 0. The van der Waals surface area contributed by atoms with Crippen LogP contribution < -0.4 is 0 Å². The average Bonchev–Trinajstić information content (AvgIpc) is 0.722. The van der Waals surface area contributed by atoms with Crippen molar-refractivity contribution in [2.75, 3.05) is 0 Å². The number of rotatable bonds is 0. The molecule has 0 aromatic heterocycles. The van der Waals surface area contributed by atoms with Gasteiger partial charge in [-0.3, -0.25) is 0 Å². The van der Waals surface area contributed by atoms with Crippen molar-refractivity contribution in [3.05, 3.63) is 0 Å². The molecule has 0 heterocycles. The minimum atomic E-state index is -3.88. The Bertz CT molecular complexity index is 26.3. The minimum absolute atomic E-state index is 0. The van der Waals surface area contributed by atoms with E-state index in [2.05, 4.69) is 0 Å². The SMILES string of the molecule is F[C](F)(F)[Zn].I. The summed E-state index contributed by atoms with van der Waals surface area (Å²) in [5, 5.41) is 0. The smallest absolute Gasteiger partial charge is 0.107 e. The van der Waals surface area contributed by atoms with Crippen LogP contribution in [0.5, 0.6) is 0 Å². The van der Waals surface area contributed by atoms with Crippen molar-refractivity contribution in [2.45, 2.75) is 4.77 Å². The molecule has 0 saturated heterocycles. The fourth-order valence-electron chi connectivity index (χ4n) is 0. The van der Waals surface area contributed by atoms with E-state index in [1.807, 2.05) is 0 Å². The van der Waals surface area contributed by atoms with Crippen LogP contribution in [0.2, 0.25) is 0 Å². The van der Waals surface area contributed by atoms with Gasteiger partial charge in [-0.25, -0.2) is 0 Å². The molecular weight excluding hydrogens is 261 g/mol. The molecule has 35 valence electrons. The van der Waals surface area contributed by atoms with E-state index < -0.39 is 23.1 Å². The Labute approximate surface area is 60.2 Å². The molecule has 0 fully saturated rings. The van der Waals surface area contributed by atoms with E-state index in [4.69, 9.17) is 0 Å². The van der Waals surface area contributed by atoms with Crippen LogP contribution in [-0.2, 0) is 18.3 Å². The van der Waals surface area contributed by atoms with Crippen LogP contribution in [0.15, 0.2) is 0 Å². The van der Waals surface area contributed by atoms with Crippen molar-refractivity contribution in [3.63, 3.8) is 0 Å². The van der Waals surface area contributed by atoms with Crippen LogP contribution >= 0.6 is 24.0 Å². The van der Waals surface area contributed by atoms with Crippen LogP contribution in [0.25, 0.3) is 0 Å². The second kappa shape index (κ2) is 3.18. The first kappa shape index (κ1) is 10.2. The van der Waals surface area contributed by atoms with Gasteiger partial charge in [0.15, 0.2) is 0 Å². The Morgan fingerprint density at radius 3 is 1.17 bits per heavy atom. The summed E-state index contributed by atoms with van der Waals surface area (Å²) in [6.45, 7) is 0. The Kier molecular flexibility index (Phi) is 5.41. The number of hydrogen-bond acceptors (Lipinski definition) is 0. The van der Waals surface area contributed by atoms with Gasteiger partial charge in [0.1, 0.15) is 0 Å². The number of alkyl halides is 3. The second-order valence-corrected chi connectivity index (χ2v) is 2.30. The van der Waals surface area contributed by atoms with Crippen LogP contribution in [0.1, 0.15) is 0 Å². The van der Waals surface area contributed by atoms with E-state index in [-0.39, 0.29) is 24.0 Å². The molecule has 0 unspecified atom stereocenters. The van der Waals surface area contributed by atoms with Crippen LogP contribution in [0, 0.1) is 0 Å². The van der Waals surface area contributed by atoms with Crippen molar-refractivity contribution < 1.29 is 31.5 Å². The van der Waals surface area contributed by atoms with E-state index in [1.54, 1.807) is 0 Å². The third-order valence-electron chi connectivity index (χ3n) is 0. The second-order valence-electron chi connectivity index (χ2n) is 0.615. The molecule has 0 aromatic rings. The molecule has 0 bridgehead atoms. The number of hydrogen-bond donors (Lipinski definition) is 0. The van der Waals surface area contributed by atoms with E-state index in [9.17, 15) is 13.2 Å². The third kappa shape index (κ3) is 67.5. The van der Waals surface area contributed by atoms with Gasteiger partial charge >= 0.3 is 36.2 Å². The van der Waals surface area contributed by atoms with Crippen molar-refractivity contribution >= 4 is 24.0 Å². The van der Waals surface area contributed by atoms with Gasteiger partial charge in [-0.2, -0.15) is 0 Å². The first-order chi connectivity index (χ1) is 2.00. The van der Waals surface area contributed by atoms with E-state index in [0.29, 0.717) is 0 Å². The molecule has 0 spiro atoms. The van der Waals surface area contributed by atoms with Gasteiger partial charge in [0.2, 0.25) is 0 Å². The summed E-state index contributed by atoms with van der Waals surface area (Å²) in [6.07, 6.45) is 0. The van der Waals surface area contributed by atoms with Gasteiger partial charge in [0.25, 0.3) is 0 Å². The predicted molar refractivity (Wildman–Crippen MR) is 21.5 cm³/mol. The molecule has 0 radical (unpaired) electrons. The number of halogens is 4. The van der Waals surface area contributed by atoms with Crippen molar-refractivity contribution in [2.24, 2.45) is 0 Å². The molecule has 0 nitrogen and oxygen atoms in total. The maximum Gasteiger partial charge on any atom is -0.107 e. The third-order valence-corrected chi connectivity index (χ3v) is 0. The van der Waals surface area contributed by atoms with Gasteiger partial charge in [-0.15, -0.1) is 24.0 Å². The maximum absolute atomic E-state index is 10.4. The maximum atomic E-state index is 10.4. The molecule has 0 aliphatic heterocycles. The zero-order valence-corrected chi connectivity index (χ0v) is 8.05. The zero-order chi connectivity index (χ0) is 4.50. The van der Waals surface area contributed by atoms with Gasteiger partial charge in [-0.1, -0.05) is 0 Å². The van der Waals surface area contributed by atoms with E-state index >= 15 is 0 Å². The molecule has 6 heavy (non-hydrogen) atoms. The van der Waals surface area contributed by atoms with Crippen LogP contribution in [-0.4, -0.2) is 4.77 Å². The van der Waals surface area contributed by atoms with Crippen LogP contribution in [0.4, 0.5) is 13.2 Å². The first-order valence-corrected chi connectivity index (χ1v) is 2.40. The normalized spacial score (nSPS) is 10.2. The zero-order valence-electron chi connectivity index (χ0n) is 2.75. The minimum Gasteiger partial charge on any atom is -0.107 e. The molecule has 0 aliphatic carbocycles. The Hall–Kier alpha value is 1.14. The molecule has 0 amide bonds. The summed E-state index contributed by atoms with van der Waals surface area (Å²) in [4.78, 5) is 0. The molecule has 5 heteroatoms. The molecule has 0 atom stereocenters. The van der Waals surface area contributed by atoms with E-state index in [0.717, 1.165) is 0 Å². The predicted octanol–water partition coefficient (Wildman–Crippen LogP) is 1.67. The van der Waals surface area contributed by atoms with Gasteiger partial charge in [0, 0.05) is 0 Å². The summed E-state index contributed by atoms with van der Waals surface area (Å²) < 4.78 is 27.4. The van der Waals surface area contributed by atoms with Crippen molar-refractivity contribution in [1.29, 1.82) is 0 Å². The fraction of sp³-hybridized carbons (Fsp3) is 1.00. The average molecular weight is 262 g/mol. The van der Waals surface area contributed by atoms with Crippen LogP contribution in [0.3, 0.4) is 0 Å². The fourth-order valence-corrected chi connectivity index (χ4v) is 0. The molecule has 0 aliphatic rings. The van der Waals surface area contributed by atoms with Crippen molar-refractivity contribution in [3.8, 4) is 0 Å². The van der Waals surface area contributed by atoms with E-state index in [1.165, 1.54) is 0 Å². The Morgan fingerprint density at radius 1 is 1.17 bits per heavy atom. The van der Waals surface area contributed by atoms with Gasteiger partial charge in [0.05, 0.1) is 0 Å². The molecule has 0 saturated carbocycles. The largest absolute Gasteiger partial charge is 0.107 e. The Balaban J connectivity index is 0. The quantitative estimate of drug-likeness (QED) is 0.460. The summed E-state index contributed by atoms with van der Waals surface area (Å²) in [5.41, 5.74) is 0. The summed E-state index contributed by atoms with van der Waals surface area (Å²) in [6, 6.07) is 0. The van der Waals surface area contributed by atoms with Crippen molar-refractivity contribution in [1.82, 2.24) is 0 Å². The molecule has 0 rings (SSSR count). The Morgan fingerprint density at radius 2 is 1.17 bits per heavy atom. The molecule has 0 aromatic carbocycles. The van der Waals surface area contributed by atoms with Gasteiger partial charge < -0.3 is 0 Å². The topological polar surface area (TPSA) is 0 Å². The standard InChI is InChI=1S/CF3.HI.Zn/c2-1(3)4;;/h;1H;. The molecular formula is CHF3IZn. The monoisotopic (exact) mass is 261 g/mol. The summed E-state index contributed by atoms with van der Waals surface area (Å²) in [5.74, 6) is 0. The summed E-state index contributed by atoms with van der Waals surface area (Å²) >= 11 is -0.604. The first-order valence-electron chi connectivity index (χ1n) is 0.921.